The van der Waals surface area contributed by atoms with E-state index in [2.05, 4.69) is 25.0 Å². The number of carbonyl (C=O) groups is 11. The molecule has 0 saturated carbocycles. The summed E-state index contributed by atoms with van der Waals surface area (Å²) in [7, 11) is -11.0. The number of nitrogens with one attached hydrogen (secondary N) is 7. The molecule has 33 nitrogen and oxygen atoms in total. The van der Waals surface area contributed by atoms with Crippen LogP contribution in [0.3, 0.4) is 0 Å². The number of nitrogens with two attached hydrogens (primary N) is 1. The van der Waals surface area contributed by atoms with Gasteiger partial charge in [-0.15, -0.1) is 0 Å². The van der Waals surface area contributed by atoms with Crippen molar-refractivity contribution in [1.82, 2.24) is 37.2 Å². The second-order valence-corrected chi connectivity index (χ2v) is 19.1. The molecule has 0 radical (unpaired) electrons. The highest BCUT2D eigenvalue weighted by molar-refractivity contribution is 7.46. The number of phosphoric ester groups is 2. The second kappa shape index (κ2) is 30.5. The van der Waals surface area contributed by atoms with Crippen LogP contribution in [0.1, 0.15) is 64.9 Å². The quantitative estimate of drug-likeness (QED) is 0.0286. The van der Waals surface area contributed by atoms with Gasteiger partial charge in [0, 0.05) is 12.8 Å². The van der Waals surface area contributed by atoms with Crippen LogP contribution < -0.4 is 43.0 Å². The lowest BCUT2D eigenvalue weighted by molar-refractivity contribution is -0.144. The Bertz CT molecular complexity index is 2270. The van der Waals surface area contributed by atoms with E-state index in [1.807, 2.05) is 10.6 Å². The van der Waals surface area contributed by atoms with Gasteiger partial charge in [-0.25, -0.2) is 13.9 Å². The maximum absolute atomic E-state index is 13.8. The van der Waals surface area contributed by atoms with Gasteiger partial charge in [-0.2, -0.15) is 0 Å². The lowest BCUT2D eigenvalue weighted by Gasteiger charge is -2.29. The van der Waals surface area contributed by atoms with Crippen molar-refractivity contribution in [3.05, 3.63) is 29.8 Å². The van der Waals surface area contributed by atoms with Crippen molar-refractivity contribution >= 4 is 80.9 Å². The zero-order chi connectivity index (χ0) is 56.8. The summed E-state index contributed by atoms with van der Waals surface area (Å²) in [5.74, 6) is -17.0. The first-order valence-electron chi connectivity index (χ1n) is 21.7. The van der Waals surface area contributed by atoms with Gasteiger partial charge >= 0.3 is 39.5 Å². The summed E-state index contributed by atoms with van der Waals surface area (Å²) in [6, 6.07) is -10.2. The van der Waals surface area contributed by atoms with Crippen LogP contribution in [-0.4, -0.2) is 183 Å². The second-order valence-electron chi connectivity index (χ2n) is 16.6. The van der Waals surface area contributed by atoms with Crippen molar-refractivity contribution in [2.24, 2.45) is 11.7 Å². The number of rotatable bonds is 34. The fraction of sp³-hybridized carbons (Fsp3) is 0.564. The maximum atomic E-state index is 13.8. The molecule has 0 aliphatic heterocycles. The van der Waals surface area contributed by atoms with Gasteiger partial charge in [-0.3, -0.25) is 57.0 Å². The molecule has 1 aromatic carbocycles. The zero-order valence-corrected chi connectivity index (χ0v) is 41.3. The Hall–Kier alpha value is -6.67. The van der Waals surface area contributed by atoms with Crippen molar-refractivity contribution in [2.45, 2.75) is 120 Å². The van der Waals surface area contributed by atoms with E-state index in [1.54, 1.807) is 10.6 Å². The average molecular weight is 1100 g/mol. The molecule has 1 aromatic rings. The fourth-order valence-electron chi connectivity index (χ4n) is 6.12. The number of phenolic OH excluding ortho intramolecular Hbond substituents is 1. The lowest BCUT2D eigenvalue weighted by Crippen LogP contribution is -2.62. The number of hydrogen-bond acceptors (Lipinski definition) is 18. The van der Waals surface area contributed by atoms with Crippen LogP contribution in [0.25, 0.3) is 0 Å². The number of aliphatic hydroxyl groups excluding tert-OH is 1. The third-order valence-corrected chi connectivity index (χ3v) is 10.7. The molecule has 19 N–H and O–H groups in total. The Morgan fingerprint density at radius 1 is 0.541 bits per heavy atom. The number of carboxylic acids is 4. The standard InChI is InChI=1S/C39H60N8O25P2/c1-17(2)12-24(44-38(62)31(18(3)48)47-33(57)22(8-10-28(50)51)41-32(56)21(40)13-19-4-6-20(49)7-5-19)34(58)45-27(16-72-74(68,69)70)37(61)43-25(14-30(54)55)35(59)46-26(15-71-73(65,66)67)36(60)42-23(39(63)64)9-11-29(52)53/h4-7,17-18,21-27,31,48-49H,8-16,40H2,1-3H3,(H,41,56)(H,42,60)(H,43,61)(H,44,62)(H,45,58)(H,46,59)(H,47,57)(H,50,51)(H,52,53)(H,54,55)(H,63,64)(H2,65,66,67)(H2,68,69,70)/t18-,21+,22+,23+,24+,25+,26+,27+,31+/m1/s1. The summed E-state index contributed by atoms with van der Waals surface area (Å²) in [6.07, 6.45) is -6.50. The van der Waals surface area contributed by atoms with Crippen LogP contribution in [-0.2, 0) is 77.3 Å². The normalized spacial score (nSPS) is 15.2. The molecule has 0 aliphatic carbocycles. The van der Waals surface area contributed by atoms with Gasteiger partial charge < -0.3 is 93.2 Å². The number of phosphoric acid groups is 2. The maximum Gasteiger partial charge on any atom is 0.469 e. The van der Waals surface area contributed by atoms with Crippen molar-refractivity contribution < 1.29 is 121 Å². The highest BCUT2D eigenvalue weighted by Crippen LogP contribution is 2.36. The number of hydrogen-bond donors (Lipinski definition) is 18. The molecule has 1 rings (SSSR count). The first-order chi connectivity index (χ1) is 34.1. The van der Waals surface area contributed by atoms with Gasteiger partial charge in [0.05, 0.1) is 31.8 Å². The number of amides is 7. The molecule has 0 saturated heterocycles. The van der Waals surface area contributed by atoms with E-state index >= 15 is 0 Å². The summed E-state index contributed by atoms with van der Waals surface area (Å²) < 4.78 is 31.8. The Morgan fingerprint density at radius 2 is 0.932 bits per heavy atom. The van der Waals surface area contributed by atoms with Crippen LogP contribution in [0.5, 0.6) is 5.75 Å². The molecule has 0 heterocycles. The topological polar surface area (TPSA) is 553 Å². The first kappa shape index (κ1) is 65.3. The van der Waals surface area contributed by atoms with E-state index in [-0.39, 0.29) is 18.6 Å². The third-order valence-electron chi connectivity index (χ3n) is 9.77. The zero-order valence-electron chi connectivity index (χ0n) is 39.5. The van der Waals surface area contributed by atoms with E-state index < -0.39 is 187 Å². The van der Waals surface area contributed by atoms with Crippen molar-refractivity contribution in [3.63, 3.8) is 0 Å². The Balaban J connectivity index is 3.50. The van der Waals surface area contributed by atoms with Gasteiger partial charge in [0.15, 0.2) is 0 Å². The summed E-state index contributed by atoms with van der Waals surface area (Å²) in [6.45, 7) is 1.13. The summed E-state index contributed by atoms with van der Waals surface area (Å²) in [5.41, 5.74) is 6.49. The van der Waals surface area contributed by atoms with Crippen LogP contribution >= 0.6 is 15.6 Å². The molecule has 0 fully saturated rings. The summed E-state index contributed by atoms with van der Waals surface area (Å²) >= 11 is 0. The summed E-state index contributed by atoms with van der Waals surface area (Å²) in [5, 5.41) is 71.4. The molecule has 74 heavy (non-hydrogen) atoms. The molecule has 7 amide bonds. The van der Waals surface area contributed by atoms with Crippen LogP contribution in [0.4, 0.5) is 0 Å². The minimum absolute atomic E-state index is 0.0787. The van der Waals surface area contributed by atoms with Crippen molar-refractivity contribution in [2.75, 3.05) is 13.2 Å². The number of carboxylic acid groups (broad SMARTS) is 4. The number of carbonyl (C=O) groups excluding carboxylic acids is 7. The third kappa shape index (κ3) is 26.3. The van der Waals surface area contributed by atoms with E-state index in [1.165, 1.54) is 38.1 Å². The first-order valence-corrected chi connectivity index (χ1v) is 24.8. The molecular weight excluding hydrogens is 1040 g/mol. The Labute approximate surface area is 419 Å². The van der Waals surface area contributed by atoms with E-state index in [4.69, 9.17) is 10.8 Å². The highest BCUT2D eigenvalue weighted by Gasteiger charge is 2.38. The smallest absolute Gasteiger partial charge is 0.469 e. The van der Waals surface area contributed by atoms with E-state index in [0.717, 1.165) is 6.92 Å². The van der Waals surface area contributed by atoms with Gasteiger partial charge in [-0.05, 0) is 56.2 Å². The molecule has 0 aliphatic rings. The summed E-state index contributed by atoms with van der Waals surface area (Å²) in [4.78, 5) is 178. The van der Waals surface area contributed by atoms with Gasteiger partial charge in [0.25, 0.3) is 0 Å². The molecule has 9 atom stereocenters. The minimum atomic E-state index is -5.53. The Morgan fingerprint density at radius 3 is 1.35 bits per heavy atom. The highest BCUT2D eigenvalue weighted by atomic mass is 31.2. The van der Waals surface area contributed by atoms with Crippen LogP contribution in [0.15, 0.2) is 24.3 Å². The molecule has 0 bridgehead atoms. The van der Waals surface area contributed by atoms with Gasteiger partial charge in [0.1, 0.15) is 48.0 Å². The molecular formula is C39H60N8O25P2. The minimum Gasteiger partial charge on any atom is -0.508 e. The number of phenols is 1. The van der Waals surface area contributed by atoms with Crippen molar-refractivity contribution in [1.29, 1.82) is 0 Å². The van der Waals surface area contributed by atoms with Crippen LogP contribution in [0, 0.1) is 5.92 Å². The SMILES string of the molecule is CC(C)C[C@H](NC(=O)[C@@H](NC(=O)[C@H](CCC(=O)O)NC(=O)[C@@H](N)Cc1ccc(O)cc1)[C@@H](C)O)C(=O)N[C@@H](COP(=O)(O)O)C(=O)N[C@@H](CC(=O)O)C(=O)N[C@@H](COP(=O)(O)O)C(=O)N[C@@H](CCC(=O)O)C(=O)O. The number of benzene rings is 1. The van der Waals surface area contributed by atoms with E-state index in [9.17, 15) is 107 Å². The number of aliphatic carboxylic acids is 4. The van der Waals surface area contributed by atoms with Crippen molar-refractivity contribution in [3.8, 4) is 5.75 Å². The monoisotopic (exact) mass is 1100 g/mol. The molecule has 0 aromatic heterocycles. The lowest BCUT2D eigenvalue weighted by atomic mass is 10.0. The number of aromatic hydroxyl groups is 1. The molecule has 416 valence electrons. The van der Waals surface area contributed by atoms with Gasteiger partial charge in [-0.1, -0.05) is 26.0 Å². The molecule has 35 heteroatoms. The Kier molecular flexibility index (Phi) is 26.9. The number of aliphatic hydroxyl groups is 1. The fourth-order valence-corrected chi connectivity index (χ4v) is 6.81. The van der Waals surface area contributed by atoms with Crippen LogP contribution in [0.2, 0.25) is 0 Å². The van der Waals surface area contributed by atoms with Gasteiger partial charge in [0.2, 0.25) is 41.4 Å². The predicted octanol–water partition coefficient (Wildman–Crippen LogP) is -5.41. The predicted molar refractivity (Wildman–Crippen MR) is 244 cm³/mol. The molecule has 0 spiro atoms. The van der Waals surface area contributed by atoms with E-state index in [0.29, 0.717) is 5.56 Å². The average Bonchev–Trinajstić information content (AvgIpc) is 3.26. The molecule has 0 unspecified atom stereocenters. The largest absolute Gasteiger partial charge is 0.508 e.